The molecule has 0 N–H and O–H groups in total. The van der Waals surface area contributed by atoms with Crippen LogP contribution in [-0.2, 0) is 10.8 Å². The minimum absolute atomic E-state index is 0.00914. The normalized spacial score (nSPS) is 12.3. The zero-order valence-electron chi connectivity index (χ0n) is 36.8. The van der Waals surface area contributed by atoms with Crippen molar-refractivity contribution in [2.45, 2.75) is 52.4 Å². The molecule has 0 radical (unpaired) electrons. The van der Waals surface area contributed by atoms with Crippen LogP contribution in [0.15, 0.2) is 199 Å². The molecule has 3 heteroatoms. The van der Waals surface area contributed by atoms with Gasteiger partial charge in [0.05, 0.1) is 16.7 Å². The van der Waals surface area contributed by atoms with Crippen molar-refractivity contribution in [3.8, 4) is 27.9 Å². The van der Waals surface area contributed by atoms with Gasteiger partial charge in [-0.25, -0.2) is 0 Å². The van der Waals surface area contributed by atoms with Crippen molar-refractivity contribution in [3.63, 3.8) is 0 Å². The van der Waals surface area contributed by atoms with E-state index >= 15 is 0 Å². The van der Waals surface area contributed by atoms with E-state index in [9.17, 15) is 0 Å². The van der Waals surface area contributed by atoms with Gasteiger partial charge in [0.1, 0.15) is 11.2 Å². The Morgan fingerprint density at radius 3 is 1.73 bits per heavy atom. The fourth-order valence-corrected chi connectivity index (χ4v) is 9.59. The second-order valence-electron chi connectivity index (χ2n) is 19.0. The molecule has 0 saturated heterocycles. The zero-order valence-corrected chi connectivity index (χ0v) is 36.8. The third-order valence-corrected chi connectivity index (χ3v) is 12.9. The quantitative estimate of drug-likeness (QED) is 0.167. The van der Waals surface area contributed by atoms with Crippen LogP contribution < -0.4 is 4.90 Å². The number of benzene rings is 9. The highest BCUT2D eigenvalue weighted by Crippen LogP contribution is 2.47. The molecule has 0 bridgehead atoms. The lowest BCUT2D eigenvalue weighted by Crippen LogP contribution is -2.16. The average Bonchev–Trinajstić information content (AvgIpc) is 3.83. The molecule has 0 aliphatic rings. The van der Waals surface area contributed by atoms with E-state index in [-0.39, 0.29) is 10.8 Å². The van der Waals surface area contributed by atoms with Crippen molar-refractivity contribution in [1.82, 2.24) is 4.57 Å². The molecule has 3 nitrogen and oxygen atoms in total. The maximum absolute atomic E-state index is 6.58. The van der Waals surface area contributed by atoms with Crippen molar-refractivity contribution in [3.05, 3.63) is 205 Å². The van der Waals surface area contributed by atoms with E-state index in [2.05, 4.69) is 239 Å². The van der Waals surface area contributed by atoms with Gasteiger partial charge in [-0.1, -0.05) is 175 Å². The van der Waals surface area contributed by atoms with E-state index in [4.69, 9.17) is 4.42 Å². The zero-order chi connectivity index (χ0) is 43.0. The minimum atomic E-state index is -0.00914. The second kappa shape index (κ2) is 14.6. The standard InChI is InChI=1S/C60H50N2O/c1-59(2,3)41-34-40(35-42(36-41)60(4,5)6)46-25-16-18-39-19-17-26-52(58(39)46)48-23-11-13-27-53(48)61(45-31-33-51-50-24-12-15-29-56(50)63-57(51)38-45)44-30-32-49-47-22-10-14-28-54(47)62(55(49)37-44)43-20-8-7-9-21-43/h7-38H,1-6H3. The van der Waals surface area contributed by atoms with Gasteiger partial charge in [-0.2, -0.15) is 0 Å². The fourth-order valence-electron chi connectivity index (χ4n) is 9.59. The predicted molar refractivity (Wildman–Crippen MR) is 269 cm³/mol. The SMILES string of the molecule is CC(C)(C)c1cc(-c2cccc3cccc(-c4ccccc4N(c4ccc5c(c4)oc4ccccc45)c4ccc5c6ccccc6n(-c6ccccc6)c5c4)c23)cc(C(C)(C)C)c1. The largest absolute Gasteiger partial charge is 0.456 e. The minimum Gasteiger partial charge on any atom is -0.456 e. The summed E-state index contributed by atoms with van der Waals surface area (Å²) in [7, 11) is 0. The number of nitrogens with zero attached hydrogens (tertiary/aromatic N) is 2. The number of hydrogen-bond donors (Lipinski definition) is 0. The first-order valence-electron chi connectivity index (χ1n) is 22.1. The molecule has 11 rings (SSSR count). The summed E-state index contributed by atoms with van der Waals surface area (Å²) >= 11 is 0. The molecule has 0 aliphatic carbocycles. The Kier molecular flexibility index (Phi) is 8.96. The van der Waals surface area contributed by atoms with Crippen LogP contribution in [0.3, 0.4) is 0 Å². The molecule has 0 spiro atoms. The molecule has 2 heterocycles. The van der Waals surface area contributed by atoms with Gasteiger partial charge >= 0.3 is 0 Å². The summed E-state index contributed by atoms with van der Waals surface area (Å²) in [5, 5.41) is 7.12. The van der Waals surface area contributed by atoms with Crippen LogP contribution in [0.4, 0.5) is 17.1 Å². The Morgan fingerprint density at radius 1 is 0.413 bits per heavy atom. The molecule has 9 aromatic carbocycles. The molecule has 0 atom stereocenters. The van der Waals surface area contributed by atoms with Crippen molar-refractivity contribution in [2.24, 2.45) is 0 Å². The summed E-state index contributed by atoms with van der Waals surface area (Å²) in [5.74, 6) is 0. The monoisotopic (exact) mass is 814 g/mol. The van der Waals surface area contributed by atoms with E-state index in [1.165, 1.54) is 54.9 Å². The smallest absolute Gasteiger partial charge is 0.137 e. The van der Waals surface area contributed by atoms with Gasteiger partial charge in [0, 0.05) is 50.2 Å². The Morgan fingerprint density at radius 2 is 0.984 bits per heavy atom. The number of anilines is 3. The fraction of sp³-hybridized carbons (Fsp3) is 0.133. The lowest BCUT2D eigenvalue weighted by molar-refractivity contribution is 0.569. The maximum atomic E-state index is 6.58. The van der Waals surface area contributed by atoms with E-state index in [1.54, 1.807) is 0 Å². The lowest BCUT2D eigenvalue weighted by Gasteiger charge is -2.29. The summed E-state index contributed by atoms with van der Waals surface area (Å²) in [6, 6.07) is 71.1. The van der Waals surface area contributed by atoms with Crippen LogP contribution in [0.1, 0.15) is 52.7 Å². The van der Waals surface area contributed by atoms with Crippen LogP contribution in [0.2, 0.25) is 0 Å². The third-order valence-electron chi connectivity index (χ3n) is 12.9. The van der Waals surface area contributed by atoms with Crippen molar-refractivity contribution < 1.29 is 4.42 Å². The second-order valence-corrected chi connectivity index (χ2v) is 19.0. The van der Waals surface area contributed by atoms with Gasteiger partial charge in [-0.05, 0) is 104 Å². The van der Waals surface area contributed by atoms with Crippen LogP contribution in [-0.4, -0.2) is 4.57 Å². The Labute approximate surface area is 369 Å². The van der Waals surface area contributed by atoms with E-state index < -0.39 is 0 Å². The lowest BCUT2D eigenvalue weighted by atomic mass is 9.78. The molecular weight excluding hydrogens is 765 g/mol. The predicted octanol–water partition coefficient (Wildman–Crippen LogP) is 17.2. The van der Waals surface area contributed by atoms with Crippen molar-refractivity contribution in [1.29, 1.82) is 0 Å². The van der Waals surface area contributed by atoms with Crippen molar-refractivity contribution >= 4 is 71.6 Å². The Hall–Kier alpha value is -7.36. The summed E-state index contributed by atoms with van der Waals surface area (Å²) in [6.07, 6.45) is 0. The summed E-state index contributed by atoms with van der Waals surface area (Å²) in [5.41, 5.74) is 15.8. The van der Waals surface area contributed by atoms with Gasteiger partial charge in [0.2, 0.25) is 0 Å². The first kappa shape index (κ1) is 38.6. The first-order valence-corrected chi connectivity index (χ1v) is 22.1. The molecule has 0 amide bonds. The van der Waals surface area contributed by atoms with Gasteiger partial charge in [0.25, 0.3) is 0 Å². The molecule has 11 aromatic rings. The van der Waals surface area contributed by atoms with Crippen LogP contribution >= 0.6 is 0 Å². The first-order chi connectivity index (χ1) is 30.5. The number of aromatic nitrogens is 1. The Bertz CT molecular complexity index is 3500. The number of hydrogen-bond acceptors (Lipinski definition) is 2. The molecule has 63 heavy (non-hydrogen) atoms. The Balaban J connectivity index is 1.18. The molecule has 2 aromatic heterocycles. The molecule has 0 saturated carbocycles. The van der Waals surface area contributed by atoms with Crippen molar-refractivity contribution in [2.75, 3.05) is 4.90 Å². The van der Waals surface area contributed by atoms with E-state index in [0.717, 1.165) is 55.8 Å². The summed E-state index contributed by atoms with van der Waals surface area (Å²) < 4.78 is 8.97. The third kappa shape index (κ3) is 6.58. The topological polar surface area (TPSA) is 21.3 Å². The van der Waals surface area contributed by atoms with Crippen LogP contribution in [0, 0.1) is 0 Å². The molecule has 0 unspecified atom stereocenters. The average molecular weight is 815 g/mol. The number of para-hydroxylation sites is 4. The highest BCUT2D eigenvalue weighted by Gasteiger charge is 2.25. The molecule has 0 fully saturated rings. The number of furan rings is 1. The number of rotatable bonds is 6. The van der Waals surface area contributed by atoms with Gasteiger partial charge in [-0.3, -0.25) is 0 Å². The molecular formula is C60H50N2O. The van der Waals surface area contributed by atoms with Gasteiger partial charge in [0.15, 0.2) is 0 Å². The number of fused-ring (bicyclic) bond motifs is 7. The maximum Gasteiger partial charge on any atom is 0.137 e. The van der Waals surface area contributed by atoms with Gasteiger partial charge in [-0.15, -0.1) is 0 Å². The summed E-state index contributed by atoms with van der Waals surface area (Å²) in [6.45, 7) is 13.9. The summed E-state index contributed by atoms with van der Waals surface area (Å²) in [4.78, 5) is 2.42. The van der Waals surface area contributed by atoms with Gasteiger partial charge < -0.3 is 13.9 Å². The van der Waals surface area contributed by atoms with E-state index in [0.29, 0.717) is 0 Å². The highest BCUT2D eigenvalue weighted by atomic mass is 16.3. The van der Waals surface area contributed by atoms with Crippen LogP contribution in [0.5, 0.6) is 0 Å². The molecule has 0 aliphatic heterocycles. The molecule has 306 valence electrons. The highest BCUT2D eigenvalue weighted by molar-refractivity contribution is 6.12. The van der Waals surface area contributed by atoms with E-state index in [1.807, 2.05) is 6.07 Å². The van der Waals surface area contributed by atoms with Crippen LogP contribution in [0.25, 0.3) is 82.5 Å².